The lowest BCUT2D eigenvalue weighted by molar-refractivity contribution is 0.640. The van der Waals surface area contributed by atoms with Gasteiger partial charge >= 0.3 is 0 Å². The van der Waals surface area contributed by atoms with Gasteiger partial charge in [-0.2, -0.15) is 0 Å². The van der Waals surface area contributed by atoms with Gasteiger partial charge in [-0.05, 0) is 23.1 Å². The van der Waals surface area contributed by atoms with Gasteiger partial charge in [0.15, 0.2) is 0 Å². The molecule has 0 amide bonds. The molecule has 0 fully saturated rings. The summed E-state index contributed by atoms with van der Waals surface area (Å²) in [6, 6.07) is 7.08. The molecule has 0 saturated heterocycles. The van der Waals surface area contributed by atoms with E-state index >= 15 is 0 Å². The van der Waals surface area contributed by atoms with Crippen molar-refractivity contribution in [2.45, 2.75) is 12.8 Å². The number of fused-ring (bicyclic) bond motifs is 3. The smallest absolute Gasteiger partial charge is 0.134 e. The first-order valence-corrected chi connectivity index (χ1v) is 5.71. The summed E-state index contributed by atoms with van der Waals surface area (Å²) >= 11 is 6.05. The van der Waals surface area contributed by atoms with Crippen molar-refractivity contribution in [1.82, 2.24) is 0 Å². The van der Waals surface area contributed by atoms with Crippen molar-refractivity contribution in [3.63, 3.8) is 0 Å². The zero-order valence-corrected chi connectivity index (χ0v) is 9.61. The molecule has 1 nitrogen and oxygen atoms in total. The van der Waals surface area contributed by atoms with Crippen LogP contribution in [0.3, 0.4) is 0 Å². The molecule has 3 heteroatoms. The summed E-state index contributed by atoms with van der Waals surface area (Å²) in [5.41, 5.74) is 2.08. The first-order chi connectivity index (χ1) is 7.68. The van der Waals surface area contributed by atoms with E-state index in [0.717, 1.165) is 17.6 Å². The largest absolute Gasteiger partial charge is 0.384 e. The summed E-state index contributed by atoms with van der Waals surface area (Å²) in [7, 11) is 0. The molecule has 1 heterocycles. The van der Waals surface area contributed by atoms with E-state index in [1.54, 1.807) is 12.1 Å². The molecular formula is C13H11ClFN. The van der Waals surface area contributed by atoms with Gasteiger partial charge in [0.1, 0.15) is 5.82 Å². The highest BCUT2D eigenvalue weighted by Gasteiger charge is 2.23. The molecule has 0 aromatic heterocycles. The Labute approximate surface area is 98.2 Å². The fourth-order valence-electron chi connectivity index (χ4n) is 2.46. The minimum atomic E-state index is -0.249. The van der Waals surface area contributed by atoms with Crippen LogP contribution in [0.15, 0.2) is 24.3 Å². The molecule has 2 aromatic rings. The Kier molecular flexibility index (Phi) is 2.08. The molecule has 0 saturated carbocycles. The average molecular weight is 236 g/mol. The minimum absolute atomic E-state index is 0.249. The second kappa shape index (κ2) is 3.36. The number of benzene rings is 2. The SMILES string of the molecule is CC1CNc2cc(F)c3c(Cl)cccc3c21. The van der Waals surface area contributed by atoms with E-state index in [9.17, 15) is 4.39 Å². The maximum absolute atomic E-state index is 13.9. The standard InChI is InChI=1S/C13H11ClFN/c1-7-6-16-11-5-10(15)13-8(12(7)11)3-2-4-9(13)14/h2-5,7,16H,6H2,1H3. The maximum atomic E-state index is 13.9. The van der Waals surface area contributed by atoms with E-state index in [-0.39, 0.29) is 5.82 Å². The van der Waals surface area contributed by atoms with Crippen molar-refractivity contribution in [3.05, 3.63) is 40.7 Å². The summed E-state index contributed by atoms with van der Waals surface area (Å²) in [6.07, 6.45) is 0. The van der Waals surface area contributed by atoms with Crippen LogP contribution < -0.4 is 5.32 Å². The van der Waals surface area contributed by atoms with Gasteiger partial charge in [-0.1, -0.05) is 30.7 Å². The van der Waals surface area contributed by atoms with E-state index < -0.39 is 0 Å². The summed E-state index contributed by atoms with van der Waals surface area (Å²) in [5.74, 6) is 0.150. The van der Waals surface area contributed by atoms with E-state index in [1.165, 1.54) is 5.56 Å². The zero-order valence-electron chi connectivity index (χ0n) is 8.85. The van der Waals surface area contributed by atoms with Crippen LogP contribution >= 0.6 is 11.6 Å². The normalized spacial score (nSPS) is 18.6. The van der Waals surface area contributed by atoms with Crippen LogP contribution in [0.5, 0.6) is 0 Å². The first kappa shape index (κ1) is 9.91. The van der Waals surface area contributed by atoms with Crippen LogP contribution in [0.4, 0.5) is 10.1 Å². The van der Waals surface area contributed by atoms with E-state index in [2.05, 4.69) is 12.2 Å². The fraction of sp³-hybridized carbons (Fsp3) is 0.231. The van der Waals surface area contributed by atoms with Crippen LogP contribution in [0, 0.1) is 5.82 Å². The molecule has 1 N–H and O–H groups in total. The van der Waals surface area contributed by atoms with Crippen molar-refractivity contribution < 1.29 is 4.39 Å². The van der Waals surface area contributed by atoms with E-state index in [0.29, 0.717) is 16.3 Å². The molecule has 1 unspecified atom stereocenters. The lowest BCUT2D eigenvalue weighted by atomic mass is 9.96. The van der Waals surface area contributed by atoms with Gasteiger partial charge in [0.05, 0.1) is 5.02 Å². The summed E-state index contributed by atoms with van der Waals surface area (Å²) in [4.78, 5) is 0. The summed E-state index contributed by atoms with van der Waals surface area (Å²) in [6.45, 7) is 3.00. The third-order valence-corrected chi connectivity index (χ3v) is 3.51. The Balaban J connectivity index is 2.48. The molecule has 0 radical (unpaired) electrons. The zero-order chi connectivity index (χ0) is 11.3. The highest BCUT2D eigenvalue weighted by atomic mass is 35.5. The Morgan fingerprint density at radius 3 is 3.06 bits per heavy atom. The van der Waals surface area contributed by atoms with Gasteiger partial charge in [0, 0.05) is 23.5 Å². The molecule has 3 rings (SSSR count). The highest BCUT2D eigenvalue weighted by molar-refractivity contribution is 6.35. The number of halogens is 2. The predicted molar refractivity (Wildman–Crippen MR) is 65.8 cm³/mol. The van der Waals surface area contributed by atoms with E-state index in [1.807, 2.05) is 12.1 Å². The topological polar surface area (TPSA) is 12.0 Å². The highest BCUT2D eigenvalue weighted by Crippen LogP contribution is 2.40. The first-order valence-electron chi connectivity index (χ1n) is 5.33. The van der Waals surface area contributed by atoms with Crippen LogP contribution in [-0.2, 0) is 0 Å². The number of nitrogens with one attached hydrogen (secondary N) is 1. The molecule has 82 valence electrons. The van der Waals surface area contributed by atoms with Gasteiger partial charge in [-0.15, -0.1) is 0 Å². The predicted octanol–water partition coefficient (Wildman–Crippen LogP) is 4.16. The molecule has 16 heavy (non-hydrogen) atoms. The van der Waals surface area contributed by atoms with Crippen molar-refractivity contribution in [2.75, 3.05) is 11.9 Å². The van der Waals surface area contributed by atoms with E-state index in [4.69, 9.17) is 11.6 Å². The molecule has 0 spiro atoms. The van der Waals surface area contributed by atoms with Crippen LogP contribution in [0.1, 0.15) is 18.4 Å². The summed E-state index contributed by atoms with van der Waals surface area (Å²) in [5, 5.41) is 5.17. The molecule has 0 bridgehead atoms. The van der Waals surface area contributed by atoms with Gasteiger partial charge in [0.2, 0.25) is 0 Å². The number of hydrogen-bond acceptors (Lipinski definition) is 1. The third kappa shape index (κ3) is 1.23. The third-order valence-electron chi connectivity index (χ3n) is 3.20. The number of hydrogen-bond donors (Lipinski definition) is 1. The lowest BCUT2D eigenvalue weighted by Crippen LogP contribution is -1.96. The summed E-state index contributed by atoms with van der Waals surface area (Å²) < 4.78 is 13.9. The van der Waals surface area contributed by atoms with Crippen LogP contribution in [0.2, 0.25) is 5.02 Å². The van der Waals surface area contributed by atoms with Gasteiger partial charge in [-0.3, -0.25) is 0 Å². The Hall–Kier alpha value is -1.28. The van der Waals surface area contributed by atoms with Crippen LogP contribution in [-0.4, -0.2) is 6.54 Å². The number of rotatable bonds is 0. The Bertz CT molecular complexity index is 580. The van der Waals surface area contributed by atoms with Crippen LogP contribution in [0.25, 0.3) is 10.8 Å². The fourth-order valence-corrected chi connectivity index (χ4v) is 2.72. The Morgan fingerprint density at radius 2 is 2.25 bits per heavy atom. The van der Waals surface area contributed by atoms with Crippen molar-refractivity contribution in [2.24, 2.45) is 0 Å². The molecule has 0 aliphatic carbocycles. The molecule has 2 aromatic carbocycles. The average Bonchev–Trinajstić information content (AvgIpc) is 2.60. The second-order valence-electron chi connectivity index (χ2n) is 4.26. The second-order valence-corrected chi connectivity index (χ2v) is 4.67. The molecule has 1 aliphatic rings. The minimum Gasteiger partial charge on any atom is -0.384 e. The van der Waals surface area contributed by atoms with Crippen molar-refractivity contribution in [3.8, 4) is 0 Å². The Morgan fingerprint density at radius 1 is 1.44 bits per heavy atom. The monoisotopic (exact) mass is 235 g/mol. The van der Waals surface area contributed by atoms with Gasteiger partial charge in [-0.25, -0.2) is 4.39 Å². The molecular weight excluding hydrogens is 225 g/mol. The number of anilines is 1. The van der Waals surface area contributed by atoms with Crippen molar-refractivity contribution in [1.29, 1.82) is 0 Å². The maximum Gasteiger partial charge on any atom is 0.134 e. The van der Waals surface area contributed by atoms with Gasteiger partial charge in [0.25, 0.3) is 0 Å². The molecule has 1 atom stereocenters. The van der Waals surface area contributed by atoms with Crippen molar-refractivity contribution >= 4 is 28.1 Å². The lowest BCUT2D eigenvalue weighted by Gasteiger charge is -2.10. The van der Waals surface area contributed by atoms with Gasteiger partial charge < -0.3 is 5.32 Å². The molecule has 1 aliphatic heterocycles. The quantitative estimate of drug-likeness (QED) is 0.723.